The third-order valence-electron chi connectivity index (χ3n) is 5.15. The van der Waals surface area contributed by atoms with Crippen LogP contribution in [0.4, 0.5) is 0 Å². The maximum atomic E-state index is 6.00. The summed E-state index contributed by atoms with van der Waals surface area (Å²) >= 11 is 7.82. The van der Waals surface area contributed by atoms with E-state index in [1.165, 1.54) is 67.6 Å². The molecule has 0 amide bonds. The highest BCUT2D eigenvalue weighted by Crippen LogP contribution is 2.26. The highest BCUT2D eigenvalue weighted by Gasteiger charge is 2.10. The molecule has 0 aliphatic rings. The zero-order valence-corrected chi connectivity index (χ0v) is 18.4. The third-order valence-corrected chi connectivity index (χ3v) is 6.41. The second-order valence-electron chi connectivity index (χ2n) is 7.39. The number of thioether (sulfide) groups is 1. The van der Waals surface area contributed by atoms with Crippen LogP contribution in [0, 0.1) is 0 Å². The molecule has 0 bridgehead atoms. The van der Waals surface area contributed by atoms with Crippen molar-refractivity contribution in [1.29, 1.82) is 0 Å². The molecule has 2 nitrogen and oxygen atoms in total. The fourth-order valence-corrected chi connectivity index (χ4v) is 4.54. The Bertz CT molecular complexity index is 841. The minimum Gasteiger partial charge on any atom is -0.327 e. The van der Waals surface area contributed by atoms with Crippen molar-refractivity contribution in [3.05, 3.63) is 59.4 Å². The van der Waals surface area contributed by atoms with E-state index < -0.39 is 0 Å². The first kappa shape index (κ1) is 21.3. The summed E-state index contributed by atoms with van der Waals surface area (Å²) < 4.78 is 2.43. The summed E-state index contributed by atoms with van der Waals surface area (Å²) in [6, 6.07) is 16.6. The van der Waals surface area contributed by atoms with Crippen molar-refractivity contribution in [3.63, 3.8) is 0 Å². The van der Waals surface area contributed by atoms with E-state index in [1.54, 1.807) is 0 Å². The maximum absolute atomic E-state index is 6.00. The monoisotopic (exact) mass is 414 g/mol. The van der Waals surface area contributed by atoms with E-state index in [0.717, 1.165) is 22.8 Å². The lowest BCUT2D eigenvalue weighted by Gasteiger charge is -2.09. The second kappa shape index (κ2) is 11.5. The predicted octanol–water partition coefficient (Wildman–Crippen LogP) is 8.12. The molecule has 0 radical (unpaired) electrons. The molecule has 0 N–H and O–H groups in total. The van der Waals surface area contributed by atoms with Gasteiger partial charge >= 0.3 is 0 Å². The van der Waals surface area contributed by atoms with Gasteiger partial charge in [0.2, 0.25) is 0 Å². The standard InChI is InChI=1S/C24H31ClN2S/c1-2-3-4-5-6-7-8-11-18-27-23-13-10-9-12-22(23)26-24(27)19-28-21-16-14-20(25)15-17-21/h9-10,12-17H,2-8,11,18-19H2,1H3. The topological polar surface area (TPSA) is 17.8 Å². The van der Waals surface area contributed by atoms with Crippen molar-refractivity contribution in [3.8, 4) is 0 Å². The van der Waals surface area contributed by atoms with Crippen LogP contribution in [0.25, 0.3) is 11.0 Å². The van der Waals surface area contributed by atoms with Crippen LogP contribution >= 0.6 is 23.4 Å². The molecule has 1 aromatic heterocycles. The number of rotatable bonds is 12. The smallest absolute Gasteiger partial charge is 0.120 e. The minimum absolute atomic E-state index is 0.784. The van der Waals surface area contributed by atoms with E-state index in [4.69, 9.17) is 16.6 Å². The molecular formula is C24H31ClN2S. The molecule has 0 atom stereocenters. The Morgan fingerprint density at radius 2 is 1.54 bits per heavy atom. The first-order valence-electron chi connectivity index (χ1n) is 10.6. The van der Waals surface area contributed by atoms with Gasteiger partial charge in [0.05, 0.1) is 16.8 Å². The molecule has 150 valence electrons. The van der Waals surface area contributed by atoms with Crippen LogP contribution in [0.15, 0.2) is 53.4 Å². The zero-order chi connectivity index (χ0) is 19.6. The molecule has 1 heterocycles. The zero-order valence-electron chi connectivity index (χ0n) is 16.9. The van der Waals surface area contributed by atoms with E-state index in [-0.39, 0.29) is 0 Å². The average Bonchev–Trinajstić information content (AvgIpc) is 3.07. The lowest BCUT2D eigenvalue weighted by molar-refractivity contribution is 0.543. The van der Waals surface area contributed by atoms with Crippen LogP contribution in [-0.2, 0) is 12.3 Å². The number of aryl methyl sites for hydroxylation is 1. The Balaban J connectivity index is 1.57. The number of unbranched alkanes of at least 4 members (excludes halogenated alkanes) is 7. The molecule has 0 unspecified atom stereocenters. The molecule has 4 heteroatoms. The molecule has 0 saturated carbocycles. The van der Waals surface area contributed by atoms with E-state index >= 15 is 0 Å². The summed E-state index contributed by atoms with van der Waals surface area (Å²) in [6.07, 6.45) is 10.8. The molecule has 0 aliphatic carbocycles. The number of hydrogen-bond donors (Lipinski definition) is 0. The summed E-state index contributed by atoms with van der Waals surface area (Å²) in [7, 11) is 0. The predicted molar refractivity (Wildman–Crippen MR) is 123 cm³/mol. The van der Waals surface area contributed by atoms with Crippen LogP contribution in [0.3, 0.4) is 0 Å². The van der Waals surface area contributed by atoms with Gasteiger partial charge in [-0.3, -0.25) is 0 Å². The van der Waals surface area contributed by atoms with E-state index in [2.05, 4.69) is 47.9 Å². The molecular weight excluding hydrogens is 384 g/mol. The van der Waals surface area contributed by atoms with Gasteiger partial charge in [-0.25, -0.2) is 4.98 Å². The number of benzene rings is 2. The van der Waals surface area contributed by atoms with Crippen LogP contribution in [-0.4, -0.2) is 9.55 Å². The van der Waals surface area contributed by atoms with Gasteiger partial charge in [-0.2, -0.15) is 0 Å². The van der Waals surface area contributed by atoms with Crippen molar-refractivity contribution in [1.82, 2.24) is 9.55 Å². The average molecular weight is 415 g/mol. The fourth-order valence-electron chi connectivity index (χ4n) is 3.57. The van der Waals surface area contributed by atoms with E-state index in [0.29, 0.717) is 0 Å². The molecule has 0 fully saturated rings. The summed E-state index contributed by atoms with van der Waals surface area (Å²) in [6.45, 7) is 3.34. The van der Waals surface area contributed by atoms with Gasteiger partial charge in [-0.1, -0.05) is 75.6 Å². The summed E-state index contributed by atoms with van der Waals surface area (Å²) in [5.41, 5.74) is 2.37. The quantitative estimate of drug-likeness (QED) is 0.220. The third kappa shape index (κ3) is 6.28. The van der Waals surface area contributed by atoms with Gasteiger partial charge < -0.3 is 4.57 Å². The van der Waals surface area contributed by atoms with Crippen LogP contribution < -0.4 is 0 Å². The van der Waals surface area contributed by atoms with Gasteiger partial charge in [0.1, 0.15) is 5.82 Å². The number of nitrogens with zero attached hydrogens (tertiary/aromatic N) is 2. The van der Waals surface area contributed by atoms with Gasteiger partial charge in [-0.05, 0) is 42.8 Å². The molecule has 2 aromatic carbocycles. The lowest BCUT2D eigenvalue weighted by atomic mass is 10.1. The largest absolute Gasteiger partial charge is 0.327 e. The highest BCUT2D eigenvalue weighted by molar-refractivity contribution is 7.98. The van der Waals surface area contributed by atoms with Crippen molar-refractivity contribution in [2.75, 3.05) is 0 Å². The second-order valence-corrected chi connectivity index (χ2v) is 8.87. The van der Waals surface area contributed by atoms with Crippen LogP contribution in [0.1, 0.15) is 64.1 Å². The SMILES string of the molecule is CCCCCCCCCCn1c(CSc2ccc(Cl)cc2)nc2ccccc21. The van der Waals surface area contributed by atoms with Crippen LogP contribution in [0.5, 0.6) is 0 Å². The first-order chi connectivity index (χ1) is 13.8. The molecule has 0 saturated heterocycles. The maximum Gasteiger partial charge on any atom is 0.120 e. The Kier molecular flexibility index (Phi) is 8.75. The number of para-hydroxylation sites is 2. The molecule has 3 rings (SSSR count). The van der Waals surface area contributed by atoms with Crippen molar-refractivity contribution < 1.29 is 0 Å². The molecule has 3 aromatic rings. The van der Waals surface area contributed by atoms with Gasteiger partial charge in [0.25, 0.3) is 0 Å². The van der Waals surface area contributed by atoms with Crippen molar-refractivity contribution >= 4 is 34.4 Å². The van der Waals surface area contributed by atoms with Crippen LogP contribution in [0.2, 0.25) is 5.02 Å². The Morgan fingerprint density at radius 1 is 0.857 bits per heavy atom. The number of imidazole rings is 1. The van der Waals surface area contributed by atoms with Gasteiger partial charge in [0.15, 0.2) is 0 Å². The van der Waals surface area contributed by atoms with E-state index in [1.807, 2.05) is 23.9 Å². The van der Waals surface area contributed by atoms with E-state index in [9.17, 15) is 0 Å². The molecule has 28 heavy (non-hydrogen) atoms. The number of halogens is 1. The number of hydrogen-bond acceptors (Lipinski definition) is 2. The summed E-state index contributed by atoms with van der Waals surface area (Å²) in [5.74, 6) is 2.05. The molecule has 0 spiro atoms. The number of aromatic nitrogens is 2. The first-order valence-corrected chi connectivity index (χ1v) is 12.0. The van der Waals surface area contributed by atoms with Crippen molar-refractivity contribution in [2.45, 2.75) is 75.5 Å². The Morgan fingerprint density at radius 3 is 2.29 bits per heavy atom. The van der Waals surface area contributed by atoms with Gasteiger partial charge in [-0.15, -0.1) is 11.8 Å². The summed E-state index contributed by atoms with van der Waals surface area (Å²) in [4.78, 5) is 6.14. The highest BCUT2D eigenvalue weighted by atomic mass is 35.5. The fraction of sp³-hybridized carbons (Fsp3) is 0.458. The number of fused-ring (bicyclic) bond motifs is 1. The summed E-state index contributed by atoms with van der Waals surface area (Å²) in [5, 5.41) is 0.784. The Hall–Kier alpha value is -1.45. The Labute approximate surface area is 178 Å². The van der Waals surface area contributed by atoms with Crippen molar-refractivity contribution in [2.24, 2.45) is 0 Å². The normalized spacial score (nSPS) is 11.4. The van der Waals surface area contributed by atoms with Gasteiger partial charge in [0, 0.05) is 16.5 Å². The lowest BCUT2D eigenvalue weighted by Crippen LogP contribution is -2.03. The minimum atomic E-state index is 0.784. The molecule has 0 aliphatic heterocycles.